The first-order chi connectivity index (χ1) is 13.7. The van der Waals surface area contributed by atoms with E-state index in [1.54, 1.807) is 6.07 Å². The van der Waals surface area contributed by atoms with Crippen molar-refractivity contribution in [3.05, 3.63) is 70.4 Å². The lowest BCUT2D eigenvalue weighted by molar-refractivity contribution is 0.563. The molecule has 2 heterocycles. The van der Waals surface area contributed by atoms with E-state index in [0.29, 0.717) is 16.8 Å². The SMILES string of the molecule is CCN(CC)c1ccc(Nc2nc(-c3cc4ccccc4oc3=O)cs2)cc1. The van der Waals surface area contributed by atoms with Crippen LogP contribution in [0.4, 0.5) is 16.5 Å². The number of hydrogen-bond acceptors (Lipinski definition) is 6. The topological polar surface area (TPSA) is 58.4 Å². The van der Waals surface area contributed by atoms with Crippen LogP contribution in [0.15, 0.2) is 69.2 Å². The van der Waals surface area contributed by atoms with Crippen LogP contribution in [-0.4, -0.2) is 18.1 Å². The molecule has 0 aliphatic heterocycles. The predicted molar refractivity (Wildman–Crippen MR) is 117 cm³/mol. The average Bonchev–Trinajstić information content (AvgIpc) is 3.18. The number of thiazole rings is 1. The zero-order chi connectivity index (χ0) is 19.5. The van der Waals surface area contributed by atoms with Gasteiger partial charge in [0.1, 0.15) is 5.58 Å². The molecule has 2 aromatic heterocycles. The molecule has 1 N–H and O–H groups in total. The van der Waals surface area contributed by atoms with Gasteiger partial charge in [-0.3, -0.25) is 0 Å². The third kappa shape index (κ3) is 3.64. The Morgan fingerprint density at radius 3 is 2.57 bits per heavy atom. The minimum atomic E-state index is -0.376. The number of aromatic nitrogens is 1. The Balaban J connectivity index is 1.57. The molecule has 0 spiro atoms. The quantitative estimate of drug-likeness (QED) is 0.439. The van der Waals surface area contributed by atoms with Crippen molar-refractivity contribution in [2.24, 2.45) is 0 Å². The Morgan fingerprint density at radius 1 is 1.07 bits per heavy atom. The summed E-state index contributed by atoms with van der Waals surface area (Å²) in [6, 6.07) is 17.6. The molecule has 142 valence electrons. The fraction of sp³-hybridized carbons (Fsp3) is 0.182. The molecule has 6 heteroatoms. The van der Waals surface area contributed by atoms with E-state index in [1.165, 1.54) is 17.0 Å². The molecule has 0 unspecified atom stereocenters. The van der Waals surface area contributed by atoms with Crippen LogP contribution >= 0.6 is 11.3 Å². The second-order valence-electron chi connectivity index (χ2n) is 6.37. The first kappa shape index (κ1) is 18.3. The van der Waals surface area contributed by atoms with Gasteiger partial charge in [-0.05, 0) is 50.2 Å². The zero-order valence-electron chi connectivity index (χ0n) is 15.8. The Morgan fingerprint density at radius 2 is 1.82 bits per heavy atom. The van der Waals surface area contributed by atoms with Crippen LogP contribution in [0, 0.1) is 0 Å². The van der Waals surface area contributed by atoms with Crippen molar-refractivity contribution in [3.63, 3.8) is 0 Å². The summed E-state index contributed by atoms with van der Waals surface area (Å²) in [6.45, 7) is 6.26. The summed E-state index contributed by atoms with van der Waals surface area (Å²) >= 11 is 1.46. The molecule has 28 heavy (non-hydrogen) atoms. The number of rotatable bonds is 6. The molecule has 2 aromatic carbocycles. The number of fused-ring (bicyclic) bond motifs is 1. The normalized spacial score (nSPS) is 10.9. The minimum absolute atomic E-state index is 0.376. The summed E-state index contributed by atoms with van der Waals surface area (Å²) < 4.78 is 5.42. The number of hydrogen-bond donors (Lipinski definition) is 1. The van der Waals surface area contributed by atoms with E-state index < -0.39 is 0 Å². The number of nitrogens with zero attached hydrogens (tertiary/aromatic N) is 2. The van der Waals surface area contributed by atoms with Crippen LogP contribution in [0.25, 0.3) is 22.2 Å². The van der Waals surface area contributed by atoms with Gasteiger partial charge in [-0.1, -0.05) is 18.2 Å². The molecule has 0 aliphatic rings. The van der Waals surface area contributed by atoms with E-state index in [2.05, 4.69) is 41.2 Å². The standard InChI is InChI=1S/C22H21N3O2S/c1-3-25(4-2)17-11-9-16(10-12-17)23-22-24-19(14-28-22)18-13-15-7-5-6-8-20(15)27-21(18)26/h5-14H,3-4H2,1-2H3,(H,23,24). The third-order valence-corrected chi connectivity index (χ3v) is 5.43. The van der Waals surface area contributed by atoms with Gasteiger partial charge >= 0.3 is 5.63 Å². The van der Waals surface area contributed by atoms with Crippen molar-refractivity contribution in [1.29, 1.82) is 0 Å². The molecular weight excluding hydrogens is 370 g/mol. The lowest BCUT2D eigenvalue weighted by atomic mass is 10.1. The van der Waals surface area contributed by atoms with Crippen LogP contribution in [0.3, 0.4) is 0 Å². The van der Waals surface area contributed by atoms with Gasteiger partial charge in [-0.25, -0.2) is 9.78 Å². The molecule has 0 radical (unpaired) electrons. The van der Waals surface area contributed by atoms with Gasteiger partial charge in [-0.2, -0.15) is 0 Å². The Hall–Kier alpha value is -3.12. The molecule has 0 amide bonds. The third-order valence-electron chi connectivity index (χ3n) is 4.67. The number of para-hydroxylation sites is 1. The Labute approximate surface area is 167 Å². The fourth-order valence-corrected chi connectivity index (χ4v) is 3.89. The predicted octanol–water partition coefficient (Wildman–Crippen LogP) is 5.51. The summed E-state index contributed by atoms with van der Waals surface area (Å²) in [4.78, 5) is 19.2. The van der Waals surface area contributed by atoms with Crippen LogP contribution in [0.5, 0.6) is 0 Å². The number of anilines is 3. The Bertz CT molecular complexity index is 1140. The van der Waals surface area contributed by atoms with E-state index in [9.17, 15) is 4.79 Å². The summed E-state index contributed by atoms with van der Waals surface area (Å²) in [5, 5.41) is 6.79. The molecule has 5 nitrogen and oxygen atoms in total. The number of nitrogens with one attached hydrogen (secondary N) is 1. The summed E-state index contributed by atoms with van der Waals surface area (Å²) in [5.41, 5.74) is 3.45. The van der Waals surface area contributed by atoms with Gasteiger partial charge in [0.2, 0.25) is 0 Å². The van der Waals surface area contributed by atoms with Gasteiger partial charge in [0.25, 0.3) is 0 Å². The van der Waals surface area contributed by atoms with Crippen molar-refractivity contribution in [2.45, 2.75) is 13.8 Å². The summed E-state index contributed by atoms with van der Waals surface area (Å²) in [6.07, 6.45) is 0. The van der Waals surface area contributed by atoms with Crippen molar-refractivity contribution in [1.82, 2.24) is 4.98 Å². The number of benzene rings is 2. The highest BCUT2D eigenvalue weighted by Gasteiger charge is 2.12. The van der Waals surface area contributed by atoms with E-state index in [4.69, 9.17) is 4.42 Å². The molecule has 0 bridgehead atoms. The molecule has 0 atom stereocenters. The maximum atomic E-state index is 12.3. The van der Waals surface area contributed by atoms with Crippen LogP contribution in [0.2, 0.25) is 0 Å². The van der Waals surface area contributed by atoms with Gasteiger partial charge in [0.05, 0.1) is 11.3 Å². The van der Waals surface area contributed by atoms with E-state index in [-0.39, 0.29) is 5.63 Å². The highest BCUT2D eigenvalue weighted by molar-refractivity contribution is 7.14. The van der Waals surface area contributed by atoms with Gasteiger partial charge in [0.15, 0.2) is 5.13 Å². The molecular formula is C22H21N3O2S. The van der Waals surface area contributed by atoms with Crippen molar-refractivity contribution < 1.29 is 4.42 Å². The second kappa shape index (κ2) is 7.86. The van der Waals surface area contributed by atoms with Crippen LogP contribution in [-0.2, 0) is 0 Å². The highest BCUT2D eigenvalue weighted by atomic mass is 32.1. The Kier molecular flexibility index (Phi) is 5.12. The fourth-order valence-electron chi connectivity index (χ4n) is 3.16. The van der Waals surface area contributed by atoms with E-state index in [1.807, 2.05) is 41.8 Å². The van der Waals surface area contributed by atoms with Crippen LogP contribution < -0.4 is 15.8 Å². The molecule has 0 saturated carbocycles. The largest absolute Gasteiger partial charge is 0.422 e. The van der Waals surface area contributed by atoms with Gasteiger partial charge in [-0.15, -0.1) is 11.3 Å². The maximum absolute atomic E-state index is 12.3. The van der Waals surface area contributed by atoms with E-state index >= 15 is 0 Å². The first-order valence-electron chi connectivity index (χ1n) is 9.28. The molecule has 0 aliphatic carbocycles. The lowest BCUT2D eigenvalue weighted by Crippen LogP contribution is -2.21. The lowest BCUT2D eigenvalue weighted by Gasteiger charge is -2.21. The summed E-state index contributed by atoms with van der Waals surface area (Å²) in [5.74, 6) is 0. The maximum Gasteiger partial charge on any atom is 0.345 e. The molecule has 0 fully saturated rings. The first-order valence-corrected chi connectivity index (χ1v) is 10.2. The van der Waals surface area contributed by atoms with Crippen molar-refractivity contribution >= 4 is 38.8 Å². The van der Waals surface area contributed by atoms with Crippen LogP contribution in [0.1, 0.15) is 13.8 Å². The van der Waals surface area contributed by atoms with Crippen molar-refractivity contribution in [2.75, 3.05) is 23.3 Å². The average molecular weight is 391 g/mol. The van der Waals surface area contributed by atoms with E-state index in [0.717, 1.165) is 29.3 Å². The molecule has 0 saturated heterocycles. The molecule has 4 rings (SSSR count). The monoisotopic (exact) mass is 391 g/mol. The van der Waals surface area contributed by atoms with Gasteiger partial charge < -0.3 is 14.6 Å². The molecule has 4 aromatic rings. The smallest absolute Gasteiger partial charge is 0.345 e. The zero-order valence-corrected chi connectivity index (χ0v) is 16.6. The summed E-state index contributed by atoms with van der Waals surface area (Å²) in [7, 11) is 0. The van der Waals surface area contributed by atoms with Gasteiger partial charge in [0, 0.05) is 35.2 Å². The second-order valence-corrected chi connectivity index (χ2v) is 7.23. The minimum Gasteiger partial charge on any atom is -0.422 e. The van der Waals surface area contributed by atoms with Crippen molar-refractivity contribution in [3.8, 4) is 11.3 Å². The highest BCUT2D eigenvalue weighted by Crippen LogP contribution is 2.28.